The number of ketones is 1. The van der Waals surface area contributed by atoms with Crippen LogP contribution in [0.3, 0.4) is 0 Å². The number of Topliss-reactive ketones (excluding diaryl/α,β-unsaturated/α-hetero) is 1. The van der Waals surface area contributed by atoms with Crippen molar-refractivity contribution in [2.24, 2.45) is 0 Å². The normalized spacial score (nSPS) is 16.1. The minimum absolute atomic E-state index is 0.108. The Morgan fingerprint density at radius 2 is 1.96 bits per heavy atom. The number of fused-ring (bicyclic) bond motifs is 2. The first kappa shape index (κ1) is 15.2. The smallest absolute Gasteiger partial charge is 0.159 e. The first-order valence-electron chi connectivity index (χ1n) is 8.71. The molecule has 0 saturated heterocycles. The van der Waals surface area contributed by atoms with Gasteiger partial charge in [0, 0.05) is 28.2 Å². The van der Waals surface area contributed by atoms with E-state index >= 15 is 0 Å². The lowest BCUT2D eigenvalue weighted by Crippen LogP contribution is -2.23. The van der Waals surface area contributed by atoms with Gasteiger partial charge in [0.1, 0.15) is 0 Å². The highest BCUT2D eigenvalue weighted by Gasteiger charge is 2.27. The predicted octanol–water partition coefficient (Wildman–Crippen LogP) is 5.65. The zero-order chi connectivity index (χ0) is 16.9. The van der Waals surface area contributed by atoms with Gasteiger partial charge in [-0.25, -0.2) is 0 Å². The molecule has 0 atom stereocenters. The Morgan fingerprint density at radius 1 is 1.12 bits per heavy atom. The number of aromatic amines is 1. The molecule has 1 N–H and O–H groups in total. The Hall–Kier alpha value is -2.35. The van der Waals surface area contributed by atoms with Crippen LogP contribution in [0.25, 0.3) is 22.0 Å². The number of carbonyl (C=O) groups is 1. The first-order chi connectivity index (χ1) is 11.5. The molecule has 3 aromatic rings. The number of aryl methyl sites for hydroxylation is 1. The molecule has 122 valence electrons. The summed E-state index contributed by atoms with van der Waals surface area (Å²) in [6.07, 6.45) is 5.73. The summed E-state index contributed by atoms with van der Waals surface area (Å²) in [7, 11) is 0. The highest BCUT2D eigenvalue weighted by Crippen LogP contribution is 2.39. The molecule has 0 bridgehead atoms. The van der Waals surface area contributed by atoms with Crippen molar-refractivity contribution in [3.63, 3.8) is 0 Å². The maximum atomic E-state index is 11.7. The van der Waals surface area contributed by atoms with E-state index in [-0.39, 0.29) is 11.2 Å². The van der Waals surface area contributed by atoms with Gasteiger partial charge in [-0.05, 0) is 66.5 Å². The fraction of sp³-hybridized carbons (Fsp3) is 0.318. The second-order valence-corrected chi connectivity index (χ2v) is 7.63. The molecule has 2 aromatic carbocycles. The Kier molecular flexibility index (Phi) is 3.38. The van der Waals surface area contributed by atoms with E-state index in [2.05, 4.69) is 43.2 Å². The van der Waals surface area contributed by atoms with Crippen LogP contribution >= 0.6 is 0 Å². The van der Waals surface area contributed by atoms with E-state index in [0.29, 0.717) is 0 Å². The van der Waals surface area contributed by atoms with Crippen LogP contribution < -0.4 is 0 Å². The van der Waals surface area contributed by atoms with Crippen molar-refractivity contribution in [1.82, 2.24) is 4.98 Å². The number of hydrogen-bond donors (Lipinski definition) is 1. The third-order valence-electron chi connectivity index (χ3n) is 5.48. The largest absolute Gasteiger partial charge is 0.361 e. The summed E-state index contributed by atoms with van der Waals surface area (Å²) in [5.74, 6) is 0.108. The standard InChI is InChI=1S/C22H23NO/c1-14(24)15-7-9-21-18(12-15)19(13-23-21)16-6-8-20-17(11-16)5-4-10-22(20,2)3/h6-9,11-13,23H,4-5,10H2,1-3H3. The molecule has 0 spiro atoms. The molecule has 2 heteroatoms. The first-order valence-corrected chi connectivity index (χ1v) is 8.71. The monoisotopic (exact) mass is 317 g/mol. The van der Waals surface area contributed by atoms with Crippen LogP contribution in [0.2, 0.25) is 0 Å². The van der Waals surface area contributed by atoms with Gasteiger partial charge in [-0.15, -0.1) is 0 Å². The van der Waals surface area contributed by atoms with E-state index in [1.165, 1.54) is 35.1 Å². The van der Waals surface area contributed by atoms with Crippen molar-refractivity contribution in [1.29, 1.82) is 0 Å². The highest BCUT2D eigenvalue weighted by atomic mass is 16.1. The fourth-order valence-corrected chi connectivity index (χ4v) is 4.06. The van der Waals surface area contributed by atoms with Gasteiger partial charge in [0.25, 0.3) is 0 Å². The van der Waals surface area contributed by atoms with E-state index in [1.54, 1.807) is 6.92 Å². The van der Waals surface area contributed by atoms with Crippen molar-refractivity contribution >= 4 is 16.7 Å². The molecule has 0 saturated carbocycles. The molecular formula is C22H23NO. The van der Waals surface area contributed by atoms with Crippen molar-refractivity contribution in [2.75, 3.05) is 0 Å². The molecule has 2 nitrogen and oxygen atoms in total. The van der Waals surface area contributed by atoms with E-state index < -0.39 is 0 Å². The van der Waals surface area contributed by atoms with E-state index in [1.807, 2.05) is 18.2 Å². The molecular weight excluding hydrogens is 294 g/mol. The lowest BCUT2D eigenvalue weighted by atomic mass is 9.72. The Morgan fingerprint density at radius 3 is 2.75 bits per heavy atom. The minimum Gasteiger partial charge on any atom is -0.361 e. The van der Waals surface area contributed by atoms with Gasteiger partial charge in [-0.2, -0.15) is 0 Å². The lowest BCUT2D eigenvalue weighted by Gasteiger charge is -2.32. The second kappa shape index (κ2) is 5.34. The van der Waals surface area contributed by atoms with Crippen molar-refractivity contribution in [3.8, 4) is 11.1 Å². The topological polar surface area (TPSA) is 32.9 Å². The van der Waals surface area contributed by atoms with Gasteiger partial charge >= 0.3 is 0 Å². The van der Waals surface area contributed by atoms with E-state index in [4.69, 9.17) is 0 Å². The lowest BCUT2D eigenvalue weighted by molar-refractivity contribution is 0.101. The highest BCUT2D eigenvalue weighted by molar-refractivity contribution is 6.02. The van der Waals surface area contributed by atoms with E-state index in [9.17, 15) is 4.79 Å². The van der Waals surface area contributed by atoms with Gasteiger partial charge in [0.15, 0.2) is 5.78 Å². The summed E-state index contributed by atoms with van der Waals surface area (Å²) in [5, 5.41) is 1.12. The van der Waals surface area contributed by atoms with Crippen molar-refractivity contribution < 1.29 is 4.79 Å². The minimum atomic E-state index is 0.108. The molecule has 0 aliphatic heterocycles. The van der Waals surface area contributed by atoms with Crippen LogP contribution in [-0.4, -0.2) is 10.8 Å². The third kappa shape index (κ3) is 2.37. The van der Waals surface area contributed by atoms with Gasteiger partial charge < -0.3 is 4.98 Å². The average molecular weight is 317 g/mol. The zero-order valence-corrected chi connectivity index (χ0v) is 14.6. The average Bonchev–Trinajstić information content (AvgIpc) is 2.97. The summed E-state index contributed by atoms with van der Waals surface area (Å²) in [5.41, 5.74) is 7.49. The number of benzene rings is 2. The number of rotatable bonds is 2. The molecule has 24 heavy (non-hydrogen) atoms. The fourth-order valence-electron chi connectivity index (χ4n) is 4.06. The molecule has 1 aromatic heterocycles. The Balaban J connectivity index is 1.86. The Bertz CT molecular complexity index is 946. The summed E-state index contributed by atoms with van der Waals surface area (Å²) in [6, 6.07) is 12.8. The quantitative estimate of drug-likeness (QED) is 0.608. The van der Waals surface area contributed by atoms with Crippen LogP contribution in [0.15, 0.2) is 42.6 Å². The third-order valence-corrected chi connectivity index (χ3v) is 5.48. The summed E-state index contributed by atoms with van der Waals surface area (Å²) >= 11 is 0. The maximum absolute atomic E-state index is 11.7. The van der Waals surface area contributed by atoms with Crippen LogP contribution in [0.5, 0.6) is 0 Å². The van der Waals surface area contributed by atoms with Crippen LogP contribution in [0.1, 0.15) is 55.1 Å². The molecule has 0 radical (unpaired) electrons. The summed E-state index contributed by atoms with van der Waals surface area (Å²) < 4.78 is 0. The number of nitrogens with one attached hydrogen (secondary N) is 1. The van der Waals surface area contributed by atoms with Crippen molar-refractivity contribution in [2.45, 2.75) is 45.4 Å². The molecule has 4 rings (SSSR count). The van der Waals surface area contributed by atoms with Crippen LogP contribution in [-0.2, 0) is 11.8 Å². The number of aromatic nitrogens is 1. The van der Waals surface area contributed by atoms with Crippen LogP contribution in [0.4, 0.5) is 0 Å². The van der Waals surface area contributed by atoms with Crippen LogP contribution in [0, 0.1) is 0 Å². The van der Waals surface area contributed by atoms with Crippen molar-refractivity contribution in [3.05, 3.63) is 59.3 Å². The van der Waals surface area contributed by atoms with Gasteiger partial charge in [-0.1, -0.05) is 32.0 Å². The number of hydrogen-bond acceptors (Lipinski definition) is 1. The molecule has 0 unspecified atom stereocenters. The molecule has 1 aliphatic rings. The van der Waals surface area contributed by atoms with Gasteiger partial charge in [-0.3, -0.25) is 4.79 Å². The number of carbonyl (C=O) groups excluding carboxylic acids is 1. The zero-order valence-electron chi connectivity index (χ0n) is 14.6. The maximum Gasteiger partial charge on any atom is 0.159 e. The SMILES string of the molecule is CC(=O)c1ccc2[nH]cc(-c3ccc4c(c3)CCCC4(C)C)c2c1. The molecule has 1 aliphatic carbocycles. The summed E-state index contributed by atoms with van der Waals surface area (Å²) in [6.45, 7) is 6.31. The predicted molar refractivity (Wildman–Crippen MR) is 99.7 cm³/mol. The summed E-state index contributed by atoms with van der Waals surface area (Å²) in [4.78, 5) is 15.0. The van der Waals surface area contributed by atoms with E-state index in [0.717, 1.165) is 22.9 Å². The second-order valence-electron chi connectivity index (χ2n) is 7.63. The molecule has 0 fully saturated rings. The van der Waals surface area contributed by atoms with Gasteiger partial charge in [0.2, 0.25) is 0 Å². The molecule has 1 heterocycles. The number of H-pyrrole nitrogens is 1. The molecule has 0 amide bonds. The Labute approximate surface area is 142 Å². The van der Waals surface area contributed by atoms with Gasteiger partial charge in [0.05, 0.1) is 0 Å².